The van der Waals surface area contributed by atoms with E-state index < -0.39 is 0 Å². The van der Waals surface area contributed by atoms with Gasteiger partial charge < -0.3 is 5.32 Å². The molecule has 1 unspecified atom stereocenters. The molecular formula is C16H23ClN4. The Labute approximate surface area is 131 Å². The monoisotopic (exact) mass is 306 g/mol. The molecule has 0 radical (unpaired) electrons. The van der Waals surface area contributed by atoms with Crippen molar-refractivity contribution in [2.75, 3.05) is 6.54 Å². The largest absolute Gasteiger partial charge is 0.309 e. The lowest BCUT2D eigenvalue weighted by molar-refractivity contribution is 0.503. The van der Waals surface area contributed by atoms with E-state index in [1.54, 1.807) is 0 Å². The number of rotatable bonds is 7. The SMILES string of the molecule is CCCNC(CC)c1nnn(-c2ccc(Cl)cc2)c1CC. The molecule has 114 valence electrons. The van der Waals surface area contributed by atoms with E-state index in [-0.39, 0.29) is 6.04 Å². The zero-order valence-electron chi connectivity index (χ0n) is 12.9. The third kappa shape index (κ3) is 3.63. The van der Waals surface area contributed by atoms with Gasteiger partial charge in [0, 0.05) is 5.02 Å². The van der Waals surface area contributed by atoms with E-state index >= 15 is 0 Å². The van der Waals surface area contributed by atoms with Gasteiger partial charge in [-0.2, -0.15) is 0 Å². The fraction of sp³-hybridized carbons (Fsp3) is 0.500. The molecule has 0 aliphatic rings. The van der Waals surface area contributed by atoms with E-state index in [1.807, 2.05) is 28.9 Å². The van der Waals surface area contributed by atoms with E-state index in [0.717, 1.165) is 47.9 Å². The van der Waals surface area contributed by atoms with Gasteiger partial charge in [0.25, 0.3) is 0 Å². The summed E-state index contributed by atoms with van der Waals surface area (Å²) in [6.45, 7) is 7.48. The Balaban J connectivity index is 2.34. The van der Waals surface area contributed by atoms with Crippen molar-refractivity contribution in [3.63, 3.8) is 0 Å². The van der Waals surface area contributed by atoms with Crippen LogP contribution in [0.5, 0.6) is 0 Å². The highest BCUT2D eigenvalue weighted by Crippen LogP contribution is 2.22. The van der Waals surface area contributed by atoms with Gasteiger partial charge in [-0.25, -0.2) is 4.68 Å². The van der Waals surface area contributed by atoms with Crippen LogP contribution in [0.15, 0.2) is 24.3 Å². The summed E-state index contributed by atoms with van der Waals surface area (Å²) < 4.78 is 1.92. The van der Waals surface area contributed by atoms with E-state index in [0.29, 0.717) is 0 Å². The van der Waals surface area contributed by atoms with Crippen molar-refractivity contribution >= 4 is 11.6 Å². The molecule has 1 atom stereocenters. The third-order valence-corrected chi connectivity index (χ3v) is 3.83. The number of benzene rings is 1. The average Bonchev–Trinajstić information content (AvgIpc) is 2.92. The van der Waals surface area contributed by atoms with Crippen LogP contribution in [0.25, 0.3) is 5.69 Å². The van der Waals surface area contributed by atoms with Crippen LogP contribution in [0.3, 0.4) is 0 Å². The first-order valence-electron chi connectivity index (χ1n) is 7.65. The van der Waals surface area contributed by atoms with E-state index in [2.05, 4.69) is 36.4 Å². The molecule has 2 rings (SSSR count). The van der Waals surface area contributed by atoms with Crippen molar-refractivity contribution in [3.8, 4) is 5.69 Å². The molecule has 2 aromatic rings. The number of aromatic nitrogens is 3. The van der Waals surface area contributed by atoms with Crippen molar-refractivity contribution in [1.29, 1.82) is 0 Å². The molecule has 1 N–H and O–H groups in total. The molecule has 0 aliphatic heterocycles. The molecule has 1 aromatic heterocycles. The zero-order valence-corrected chi connectivity index (χ0v) is 13.7. The van der Waals surface area contributed by atoms with Gasteiger partial charge >= 0.3 is 0 Å². The summed E-state index contributed by atoms with van der Waals surface area (Å²) in [4.78, 5) is 0. The minimum atomic E-state index is 0.265. The fourth-order valence-electron chi connectivity index (χ4n) is 2.46. The summed E-state index contributed by atoms with van der Waals surface area (Å²) in [5, 5.41) is 13.1. The van der Waals surface area contributed by atoms with E-state index in [9.17, 15) is 0 Å². The lowest BCUT2D eigenvalue weighted by atomic mass is 10.1. The standard InChI is InChI=1S/C16H23ClN4/c1-4-11-18-14(5-2)16-15(6-3)21(20-19-16)13-9-7-12(17)8-10-13/h7-10,14,18H,4-6,11H2,1-3H3. The van der Waals surface area contributed by atoms with Crippen molar-refractivity contribution in [2.24, 2.45) is 0 Å². The van der Waals surface area contributed by atoms with Crippen LogP contribution in [0.2, 0.25) is 5.02 Å². The van der Waals surface area contributed by atoms with Crippen LogP contribution < -0.4 is 5.32 Å². The number of hydrogen-bond acceptors (Lipinski definition) is 3. The maximum absolute atomic E-state index is 5.95. The Bertz CT molecular complexity index is 562. The highest BCUT2D eigenvalue weighted by atomic mass is 35.5. The summed E-state index contributed by atoms with van der Waals surface area (Å²) in [6, 6.07) is 7.97. The molecule has 0 saturated carbocycles. The molecule has 5 heteroatoms. The summed E-state index contributed by atoms with van der Waals surface area (Å²) in [5.74, 6) is 0. The Morgan fingerprint density at radius 2 is 1.90 bits per heavy atom. The van der Waals surface area contributed by atoms with E-state index in [4.69, 9.17) is 11.6 Å². The number of hydrogen-bond donors (Lipinski definition) is 1. The zero-order chi connectivity index (χ0) is 15.2. The van der Waals surface area contributed by atoms with Crippen LogP contribution in [0.1, 0.15) is 51.0 Å². The van der Waals surface area contributed by atoms with Gasteiger partial charge in [0.05, 0.1) is 17.4 Å². The molecule has 1 heterocycles. The quantitative estimate of drug-likeness (QED) is 0.842. The molecular weight excluding hydrogens is 284 g/mol. The topological polar surface area (TPSA) is 42.7 Å². The van der Waals surface area contributed by atoms with Crippen LogP contribution >= 0.6 is 11.6 Å². The molecule has 0 aliphatic carbocycles. The van der Waals surface area contributed by atoms with Crippen molar-refractivity contribution in [1.82, 2.24) is 20.3 Å². The smallest absolute Gasteiger partial charge is 0.103 e. The second-order valence-corrected chi connectivity index (χ2v) is 5.51. The maximum atomic E-state index is 5.95. The molecule has 4 nitrogen and oxygen atoms in total. The van der Waals surface area contributed by atoms with Gasteiger partial charge in [0.1, 0.15) is 5.69 Å². The highest BCUT2D eigenvalue weighted by molar-refractivity contribution is 6.30. The summed E-state index contributed by atoms with van der Waals surface area (Å²) in [6.07, 6.45) is 3.02. The van der Waals surface area contributed by atoms with Crippen molar-refractivity contribution in [3.05, 3.63) is 40.7 Å². The fourth-order valence-corrected chi connectivity index (χ4v) is 2.58. The second-order valence-electron chi connectivity index (χ2n) is 5.08. The predicted octanol–water partition coefficient (Wildman–Crippen LogP) is 3.93. The van der Waals surface area contributed by atoms with Crippen LogP contribution in [-0.2, 0) is 6.42 Å². The first kappa shape index (κ1) is 16.0. The maximum Gasteiger partial charge on any atom is 0.103 e. The minimum Gasteiger partial charge on any atom is -0.309 e. The van der Waals surface area contributed by atoms with Gasteiger partial charge in [-0.05, 0) is 50.1 Å². The van der Waals surface area contributed by atoms with Crippen molar-refractivity contribution in [2.45, 2.75) is 46.1 Å². The number of nitrogens with zero attached hydrogens (tertiary/aromatic N) is 3. The molecule has 0 spiro atoms. The third-order valence-electron chi connectivity index (χ3n) is 3.58. The van der Waals surface area contributed by atoms with Gasteiger partial charge in [0.2, 0.25) is 0 Å². The van der Waals surface area contributed by atoms with Gasteiger partial charge in [-0.3, -0.25) is 0 Å². The first-order chi connectivity index (χ1) is 10.2. The summed E-state index contributed by atoms with van der Waals surface area (Å²) in [7, 11) is 0. The van der Waals surface area contributed by atoms with Crippen molar-refractivity contribution < 1.29 is 0 Å². The second kappa shape index (κ2) is 7.57. The molecule has 0 bridgehead atoms. The first-order valence-corrected chi connectivity index (χ1v) is 8.02. The highest BCUT2D eigenvalue weighted by Gasteiger charge is 2.19. The summed E-state index contributed by atoms with van der Waals surface area (Å²) in [5.41, 5.74) is 3.22. The molecule has 0 fully saturated rings. The number of halogens is 1. The Morgan fingerprint density at radius 1 is 1.19 bits per heavy atom. The molecule has 1 aromatic carbocycles. The average molecular weight is 307 g/mol. The van der Waals surface area contributed by atoms with Crippen LogP contribution in [0.4, 0.5) is 0 Å². The number of nitrogens with one attached hydrogen (secondary N) is 1. The predicted molar refractivity (Wildman–Crippen MR) is 87.1 cm³/mol. The Kier molecular flexibility index (Phi) is 5.76. The van der Waals surface area contributed by atoms with Gasteiger partial charge in [0.15, 0.2) is 0 Å². The minimum absolute atomic E-state index is 0.265. The van der Waals surface area contributed by atoms with Crippen LogP contribution in [-0.4, -0.2) is 21.5 Å². The van der Waals surface area contributed by atoms with Gasteiger partial charge in [-0.1, -0.05) is 37.6 Å². The molecule has 0 amide bonds. The van der Waals surface area contributed by atoms with Crippen LogP contribution in [0, 0.1) is 0 Å². The Morgan fingerprint density at radius 3 is 2.48 bits per heavy atom. The lowest BCUT2D eigenvalue weighted by Crippen LogP contribution is -2.23. The normalized spacial score (nSPS) is 12.6. The van der Waals surface area contributed by atoms with E-state index in [1.165, 1.54) is 0 Å². The summed E-state index contributed by atoms with van der Waals surface area (Å²) >= 11 is 5.95. The molecule has 21 heavy (non-hydrogen) atoms. The Hall–Kier alpha value is -1.39. The lowest BCUT2D eigenvalue weighted by Gasteiger charge is -2.15. The van der Waals surface area contributed by atoms with Gasteiger partial charge in [-0.15, -0.1) is 5.10 Å². The molecule has 0 saturated heterocycles.